The van der Waals surface area contributed by atoms with Crippen molar-refractivity contribution >= 4 is 29.7 Å². The number of rotatable bonds is 9. The first-order valence-electron chi connectivity index (χ1n) is 12.1. The molecule has 1 saturated carbocycles. The van der Waals surface area contributed by atoms with E-state index in [9.17, 15) is 19.5 Å². The molecule has 0 heterocycles. The molecule has 8 heteroatoms. The van der Waals surface area contributed by atoms with Gasteiger partial charge in [-0.2, -0.15) is 11.8 Å². The fraction of sp³-hybridized carbons (Fsp3) is 0.444. The van der Waals surface area contributed by atoms with E-state index in [0.717, 1.165) is 24.0 Å². The number of amides is 2. The molecule has 0 aromatic heterocycles. The van der Waals surface area contributed by atoms with Gasteiger partial charge in [0.05, 0.1) is 0 Å². The highest BCUT2D eigenvalue weighted by Gasteiger charge is 2.32. The number of benzene rings is 2. The lowest BCUT2D eigenvalue weighted by atomic mass is 9.85. The van der Waals surface area contributed by atoms with Crippen LogP contribution in [0.15, 0.2) is 48.5 Å². The molecule has 0 unspecified atom stereocenters. The van der Waals surface area contributed by atoms with Crippen LogP contribution in [0.3, 0.4) is 0 Å². The summed E-state index contributed by atoms with van der Waals surface area (Å²) in [5.41, 5.74) is 4.67. The van der Waals surface area contributed by atoms with Gasteiger partial charge >= 0.3 is 12.1 Å². The Labute approximate surface area is 210 Å². The summed E-state index contributed by atoms with van der Waals surface area (Å²) in [7, 11) is 0. The van der Waals surface area contributed by atoms with E-state index in [2.05, 4.69) is 34.9 Å². The first kappa shape index (κ1) is 25.1. The van der Waals surface area contributed by atoms with Crippen LogP contribution in [-0.2, 0) is 14.3 Å². The molecule has 2 aliphatic rings. The van der Waals surface area contributed by atoms with Crippen molar-refractivity contribution in [3.63, 3.8) is 0 Å². The average molecular weight is 497 g/mol. The first-order valence-corrected chi connectivity index (χ1v) is 13.5. The molecule has 35 heavy (non-hydrogen) atoms. The van der Waals surface area contributed by atoms with Crippen molar-refractivity contribution < 1.29 is 24.2 Å². The van der Waals surface area contributed by atoms with E-state index < -0.39 is 18.1 Å². The van der Waals surface area contributed by atoms with Gasteiger partial charge in [-0.1, -0.05) is 55.0 Å². The highest BCUT2D eigenvalue weighted by Crippen LogP contribution is 2.44. The third-order valence-corrected chi connectivity index (χ3v) is 7.58. The molecule has 4 rings (SSSR count). The van der Waals surface area contributed by atoms with Crippen LogP contribution < -0.4 is 10.6 Å². The highest BCUT2D eigenvalue weighted by atomic mass is 32.2. The normalized spacial score (nSPS) is 19.8. The van der Waals surface area contributed by atoms with Gasteiger partial charge in [0.2, 0.25) is 5.91 Å². The maximum atomic E-state index is 12.7. The molecule has 2 amide bonds. The van der Waals surface area contributed by atoms with Crippen molar-refractivity contribution in [2.24, 2.45) is 5.92 Å². The summed E-state index contributed by atoms with van der Waals surface area (Å²) < 4.78 is 5.65. The summed E-state index contributed by atoms with van der Waals surface area (Å²) >= 11 is 1.55. The van der Waals surface area contributed by atoms with Crippen molar-refractivity contribution in [2.45, 2.75) is 50.1 Å². The lowest BCUT2D eigenvalue weighted by Gasteiger charge is -2.29. The Bertz CT molecular complexity index is 1030. The minimum absolute atomic E-state index is 0.00716. The molecule has 3 N–H and O–H groups in total. The summed E-state index contributed by atoms with van der Waals surface area (Å²) in [5.74, 6) is -0.937. The Morgan fingerprint density at radius 1 is 1.06 bits per heavy atom. The fourth-order valence-electron chi connectivity index (χ4n) is 5.15. The van der Waals surface area contributed by atoms with Gasteiger partial charge < -0.3 is 20.5 Å². The predicted octanol–water partition coefficient (Wildman–Crippen LogP) is 4.41. The smallest absolute Gasteiger partial charge is 0.407 e. The van der Waals surface area contributed by atoms with Crippen molar-refractivity contribution in [1.29, 1.82) is 0 Å². The van der Waals surface area contributed by atoms with Gasteiger partial charge in [-0.25, -0.2) is 9.59 Å². The summed E-state index contributed by atoms with van der Waals surface area (Å²) in [6.45, 7) is 0.242. The molecule has 0 aliphatic heterocycles. The lowest BCUT2D eigenvalue weighted by molar-refractivity contribution is -0.142. The lowest BCUT2D eigenvalue weighted by Crippen LogP contribution is -2.47. The Kier molecular flexibility index (Phi) is 8.33. The summed E-state index contributed by atoms with van der Waals surface area (Å²) in [5, 5.41) is 15.0. The molecule has 0 saturated heterocycles. The van der Waals surface area contributed by atoms with Crippen LogP contribution in [0, 0.1) is 5.92 Å². The molecular formula is C27H32N2O5S. The zero-order valence-electron chi connectivity index (χ0n) is 19.9. The molecule has 3 atom stereocenters. The quantitative estimate of drug-likeness (QED) is 0.475. The summed E-state index contributed by atoms with van der Waals surface area (Å²) in [4.78, 5) is 36.8. The van der Waals surface area contributed by atoms with Crippen molar-refractivity contribution in [2.75, 3.05) is 18.6 Å². The van der Waals surface area contributed by atoms with Crippen LogP contribution in [0.2, 0.25) is 0 Å². The van der Waals surface area contributed by atoms with E-state index in [0.29, 0.717) is 25.0 Å². The standard InChI is InChI=1S/C27H32N2O5S/c1-35-14-13-24(26(31)32)29-25(30)17-7-6-8-18(15-17)28-27(33)34-16-23-21-11-4-2-9-19(21)20-10-3-5-12-22(20)23/h2-5,9-12,17-18,23-24H,6-8,13-16H2,1H3,(H,28,33)(H,29,30)(H,31,32)/t17-,18+,24+/m1/s1. The molecule has 1 fully saturated rings. The third-order valence-electron chi connectivity index (χ3n) is 6.94. The van der Waals surface area contributed by atoms with E-state index in [-0.39, 0.29) is 30.4 Å². The number of alkyl carbamates (subject to hydrolysis) is 1. The van der Waals surface area contributed by atoms with Crippen LogP contribution in [0.4, 0.5) is 4.79 Å². The molecular weight excluding hydrogens is 464 g/mol. The zero-order chi connectivity index (χ0) is 24.8. The van der Waals surface area contributed by atoms with Crippen molar-refractivity contribution in [3.8, 4) is 11.1 Å². The second kappa shape index (κ2) is 11.6. The zero-order valence-corrected chi connectivity index (χ0v) is 20.7. The largest absolute Gasteiger partial charge is 0.480 e. The van der Waals surface area contributed by atoms with Gasteiger partial charge in [0.1, 0.15) is 12.6 Å². The van der Waals surface area contributed by atoms with Gasteiger partial charge in [-0.05, 0) is 59.9 Å². The topological polar surface area (TPSA) is 105 Å². The molecule has 2 aromatic carbocycles. The monoisotopic (exact) mass is 496 g/mol. The molecule has 2 aliphatic carbocycles. The Morgan fingerprint density at radius 3 is 2.34 bits per heavy atom. The van der Waals surface area contributed by atoms with Crippen LogP contribution in [0.25, 0.3) is 11.1 Å². The molecule has 2 aromatic rings. The molecule has 0 bridgehead atoms. The number of carboxylic acids is 1. The van der Waals surface area contributed by atoms with Crippen molar-refractivity contribution in [1.82, 2.24) is 10.6 Å². The highest BCUT2D eigenvalue weighted by molar-refractivity contribution is 7.98. The van der Waals surface area contributed by atoms with E-state index in [1.807, 2.05) is 30.5 Å². The Hall–Kier alpha value is -3.00. The number of aliphatic carboxylic acids is 1. The maximum Gasteiger partial charge on any atom is 0.407 e. The van der Waals surface area contributed by atoms with E-state index >= 15 is 0 Å². The van der Waals surface area contributed by atoms with E-state index in [4.69, 9.17) is 4.74 Å². The molecule has 0 radical (unpaired) electrons. The minimum atomic E-state index is -1.02. The number of hydrogen-bond acceptors (Lipinski definition) is 5. The number of fused-ring (bicyclic) bond motifs is 3. The van der Waals surface area contributed by atoms with Crippen molar-refractivity contribution in [3.05, 3.63) is 59.7 Å². The second-order valence-corrected chi connectivity index (χ2v) is 10.2. The number of carboxylic acid groups (broad SMARTS) is 1. The molecule has 0 spiro atoms. The Balaban J connectivity index is 1.30. The fourth-order valence-corrected chi connectivity index (χ4v) is 5.62. The first-order chi connectivity index (χ1) is 17.0. The number of nitrogens with one attached hydrogen (secondary N) is 2. The number of ether oxygens (including phenoxy) is 1. The maximum absolute atomic E-state index is 12.7. The Morgan fingerprint density at radius 2 is 1.71 bits per heavy atom. The number of thioether (sulfide) groups is 1. The van der Waals surface area contributed by atoms with Crippen LogP contribution >= 0.6 is 11.8 Å². The summed E-state index contributed by atoms with van der Waals surface area (Å²) in [6.07, 6.45) is 4.52. The van der Waals surface area contributed by atoms with Gasteiger partial charge in [0.25, 0.3) is 0 Å². The van der Waals surface area contributed by atoms with Gasteiger partial charge in [-0.15, -0.1) is 0 Å². The average Bonchev–Trinajstić information content (AvgIpc) is 3.19. The van der Waals surface area contributed by atoms with E-state index in [1.165, 1.54) is 11.1 Å². The minimum Gasteiger partial charge on any atom is -0.480 e. The third kappa shape index (κ3) is 5.99. The SMILES string of the molecule is CSCC[C@H](NC(=O)[C@@H]1CCC[C@H](NC(=O)OCC2c3ccccc3-c3ccccc32)C1)C(=O)O. The van der Waals surface area contributed by atoms with Crippen LogP contribution in [-0.4, -0.2) is 53.8 Å². The number of carbonyl (C=O) groups is 3. The van der Waals surface area contributed by atoms with Crippen LogP contribution in [0.5, 0.6) is 0 Å². The van der Waals surface area contributed by atoms with E-state index in [1.54, 1.807) is 11.8 Å². The second-order valence-electron chi connectivity index (χ2n) is 9.21. The predicted molar refractivity (Wildman–Crippen MR) is 137 cm³/mol. The van der Waals surface area contributed by atoms with Crippen LogP contribution in [0.1, 0.15) is 49.1 Å². The number of carbonyl (C=O) groups excluding carboxylic acids is 2. The van der Waals surface area contributed by atoms with Gasteiger partial charge in [0, 0.05) is 17.9 Å². The molecule has 7 nitrogen and oxygen atoms in total. The molecule has 186 valence electrons. The number of hydrogen-bond donors (Lipinski definition) is 3. The van der Waals surface area contributed by atoms with Gasteiger partial charge in [-0.3, -0.25) is 4.79 Å². The summed E-state index contributed by atoms with van der Waals surface area (Å²) in [6, 6.07) is 15.3. The van der Waals surface area contributed by atoms with Gasteiger partial charge in [0.15, 0.2) is 0 Å².